The third-order valence-corrected chi connectivity index (χ3v) is 9.26. The van der Waals surface area contributed by atoms with Crippen molar-refractivity contribution in [2.45, 2.75) is 16.5 Å². The second-order valence-electron chi connectivity index (χ2n) is 7.21. The van der Waals surface area contributed by atoms with Gasteiger partial charge in [-0.3, -0.25) is 0 Å². The number of thioether (sulfide) groups is 2. The molecule has 1 aliphatic heterocycles. The van der Waals surface area contributed by atoms with Gasteiger partial charge in [0.05, 0.1) is 37.0 Å². The number of ether oxygens (including phenoxy) is 2. The lowest BCUT2D eigenvalue weighted by molar-refractivity contribution is -0.137. The van der Waals surface area contributed by atoms with Crippen molar-refractivity contribution < 1.29 is 19.1 Å². The number of esters is 1. The van der Waals surface area contributed by atoms with E-state index >= 15 is 0 Å². The molecule has 8 heteroatoms. The van der Waals surface area contributed by atoms with Crippen LogP contribution in [0.25, 0.3) is 10.9 Å². The Bertz CT molecular complexity index is 1030. The molecule has 2 aromatic rings. The Hall–Kier alpha value is -2.06. The number of fused-ring (bicyclic) bond motifs is 6. The van der Waals surface area contributed by atoms with E-state index < -0.39 is 10.2 Å². The highest BCUT2D eigenvalue weighted by Crippen LogP contribution is 2.63. The Labute approximate surface area is 178 Å². The molecule has 2 aliphatic rings. The molecular formula is C21H24N2O4S2. The Morgan fingerprint density at radius 2 is 1.83 bits per heavy atom. The maximum atomic E-state index is 13.0. The van der Waals surface area contributed by atoms with Gasteiger partial charge in [0.15, 0.2) is 0 Å². The molecule has 1 aromatic heterocycles. The predicted octanol–water partition coefficient (Wildman–Crippen LogP) is 4.20. The fraction of sp³-hybridized carbons (Fsp3) is 0.429. The zero-order chi connectivity index (χ0) is 20.9. The SMILES string of the molecule is COC(=O)C1=CN(C)[C@@H]2C[C@H]1C(SC)(SC)c1c2c2ccccc2n1C(=O)OC. The van der Waals surface area contributed by atoms with E-state index in [1.165, 1.54) is 14.2 Å². The summed E-state index contributed by atoms with van der Waals surface area (Å²) in [6, 6.07) is 8.00. The number of carbonyl (C=O) groups excluding carboxylic acids is 2. The molecule has 0 unspecified atom stereocenters. The fourth-order valence-electron chi connectivity index (χ4n) is 4.86. The van der Waals surface area contributed by atoms with Gasteiger partial charge in [0.2, 0.25) is 0 Å². The van der Waals surface area contributed by atoms with Gasteiger partial charge < -0.3 is 14.4 Å². The van der Waals surface area contributed by atoms with E-state index in [0.29, 0.717) is 5.57 Å². The molecule has 2 atom stereocenters. The predicted molar refractivity (Wildman–Crippen MR) is 117 cm³/mol. The number of aromatic nitrogens is 1. The van der Waals surface area contributed by atoms with Crippen LogP contribution in [-0.2, 0) is 18.3 Å². The number of carbonyl (C=O) groups is 2. The fourth-order valence-corrected chi connectivity index (χ4v) is 7.33. The number of benzene rings is 1. The zero-order valence-corrected chi connectivity index (χ0v) is 18.7. The second-order valence-corrected chi connectivity index (χ2v) is 9.57. The first-order chi connectivity index (χ1) is 13.9. The van der Waals surface area contributed by atoms with Gasteiger partial charge in [-0.1, -0.05) is 18.2 Å². The van der Waals surface area contributed by atoms with Crippen molar-refractivity contribution in [1.29, 1.82) is 0 Å². The van der Waals surface area contributed by atoms with Gasteiger partial charge in [-0.05, 0) is 25.0 Å². The van der Waals surface area contributed by atoms with Gasteiger partial charge in [-0.2, -0.15) is 0 Å². The Morgan fingerprint density at radius 3 is 2.45 bits per heavy atom. The highest BCUT2D eigenvalue weighted by molar-refractivity contribution is 8.16. The van der Waals surface area contributed by atoms with Gasteiger partial charge in [0.1, 0.15) is 4.08 Å². The van der Waals surface area contributed by atoms with Crippen molar-refractivity contribution in [2.24, 2.45) is 5.92 Å². The molecule has 0 saturated heterocycles. The van der Waals surface area contributed by atoms with Crippen LogP contribution in [0, 0.1) is 5.92 Å². The van der Waals surface area contributed by atoms with E-state index in [1.54, 1.807) is 28.1 Å². The van der Waals surface area contributed by atoms with Gasteiger partial charge in [0, 0.05) is 30.1 Å². The minimum Gasteiger partial charge on any atom is -0.466 e. The van der Waals surface area contributed by atoms with E-state index in [9.17, 15) is 9.59 Å². The lowest BCUT2D eigenvalue weighted by atomic mass is 9.75. The van der Waals surface area contributed by atoms with Crippen LogP contribution in [-0.4, -0.2) is 55.3 Å². The molecule has 1 aliphatic carbocycles. The second kappa shape index (κ2) is 7.32. The molecule has 0 radical (unpaired) electrons. The Kier molecular flexibility index (Phi) is 5.11. The molecule has 1 aromatic carbocycles. The van der Waals surface area contributed by atoms with Crippen LogP contribution < -0.4 is 0 Å². The summed E-state index contributed by atoms with van der Waals surface area (Å²) in [5.74, 6) is -0.418. The number of rotatable bonds is 3. The highest BCUT2D eigenvalue weighted by atomic mass is 32.2. The summed E-state index contributed by atoms with van der Waals surface area (Å²) in [5, 5.41) is 1.05. The van der Waals surface area contributed by atoms with Crippen LogP contribution in [0.1, 0.15) is 23.7 Å². The molecule has 2 heterocycles. The number of para-hydroxylation sites is 1. The first-order valence-corrected chi connectivity index (χ1v) is 11.7. The van der Waals surface area contributed by atoms with Crippen molar-refractivity contribution in [1.82, 2.24) is 9.47 Å². The number of methoxy groups -OCH3 is 2. The summed E-state index contributed by atoms with van der Waals surface area (Å²) in [6.45, 7) is 0. The van der Waals surface area contributed by atoms with Crippen LogP contribution in [0.15, 0.2) is 36.0 Å². The summed E-state index contributed by atoms with van der Waals surface area (Å²) < 4.78 is 11.5. The number of hydrogen-bond donors (Lipinski definition) is 0. The van der Waals surface area contributed by atoms with Gasteiger partial charge in [-0.25, -0.2) is 14.2 Å². The summed E-state index contributed by atoms with van der Waals surface area (Å²) in [4.78, 5) is 27.7. The van der Waals surface area contributed by atoms with Crippen LogP contribution in [0.3, 0.4) is 0 Å². The van der Waals surface area contributed by atoms with E-state index in [1.807, 2.05) is 44.0 Å². The lowest BCUT2D eigenvalue weighted by Crippen LogP contribution is -2.46. The molecular weight excluding hydrogens is 408 g/mol. The molecule has 0 saturated carbocycles. The Morgan fingerprint density at radius 1 is 1.14 bits per heavy atom. The average molecular weight is 433 g/mol. The summed E-state index contributed by atoms with van der Waals surface area (Å²) >= 11 is 3.32. The van der Waals surface area contributed by atoms with Crippen LogP contribution in [0.5, 0.6) is 0 Å². The maximum absolute atomic E-state index is 13.0. The summed E-state index contributed by atoms with van der Waals surface area (Å²) in [5.41, 5.74) is 3.52. The van der Waals surface area contributed by atoms with Crippen molar-refractivity contribution in [3.05, 3.63) is 47.3 Å². The summed E-state index contributed by atoms with van der Waals surface area (Å²) in [7, 11) is 4.79. The smallest absolute Gasteiger partial charge is 0.418 e. The molecule has 0 N–H and O–H groups in total. The number of nitrogens with zero attached hydrogens (tertiary/aromatic N) is 2. The van der Waals surface area contributed by atoms with E-state index in [2.05, 4.69) is 11.0 Å². The van der Waals surface area contributed by atoms with E-state index in [0.717, 1.165) is 28.6 Å². The normalized spacial score (nSPS) is 22.1. The first-order valence-electron chi connectivity index (χ1n) is 9.29. The topological polar surface area (TPSA) is 60.8 Å². The molecule has 0 spiro atoms. The third-order valence-electron chi connectivity index (χ3n) is 6.09. The molecule has 29 heavy (non-hydrogen) atoms. The monoisotopic (exact) mass is 432 g/mol. The molecule has 0 amide bonds. The van der Waals surface area contributed by atoms with E-state index in [4.69, 9.17) is 9.47 Å². The molecule has 154 valence electrons. The lowest BCUT2D eigenvalue weighted by Gasteiger charge is -2.50. The highest BCUT2D eigenvalue weighted by Gasteiger charge is 2.55. The number of hydrogen-bond acceptors (Lipinski definition) is 7. The summed E-state index contributed by atoms with van der Waals surface area (Å²) in [6.07, 6.45) is 6.35. The van der Waals surface area contributed by atoms with Crippen LogP contribution in [0.4, 0.5) is 4.79 Å². The molecule has 6 nitrogen and oxygen atoms in total. The van der Waals surface area contributed by atoms with Crippen LogP contribution in [0.2, 0.25) is 0 Å². The first kappa shape index (κ1) is 20.2. The largest absolute Gasteiger partial charge is 0.466 e. The van der Waals surface area contributed by atoms with Gasteiger partial charge >= 0.3 is 12.1 Å². The molecule has 2 bridgehead atoms. The zero-order valence-electron chi connectivity index (χ0n) is 17.1. The molecule has 4 rings (SSSR count). The minimum atomic E-state index is -0.527. The van der Waals surface area contributed by atoms with Crippen LogP contribution >= 0.6 is 23.5 Å². The van der Waals surface area contributed by atoms with Gasteiger partial charge in [0.25, 0.3) is 0 Å². The van der Waals surface area contributed by atoms with Gasteiger partial charge in [-0.15, -0.1) is 23.5 Å². The third kappa shape index (κ3) is 2.65. The minimum absolute atomic E-state index is 0.0617. The van der Waals surface area contributed by atoms with Crippen molar-refractivity contribution in [3.8, 4) is 0 Å². The molecule has 0 fully saturated rings. The van der Waals surface area contributed by atoms with E-state index in [-0.39, 0.29) is 17.9 Å². The maximum Gasteiger partial charge on any atom is 0.418 e. The average Bonchev–Trinajstić information content (AvgIpc) is 3.10. The van der Waals surface area contributed by atoms with Crippen molar-refractivity contribution in [2.75, 3.05) is 33.8 Å². The van der Waals surface area contributed by atoms with Crippen molar-refractivity contribution in [3.63, 3.8) is 0 Å². The standard InChI is InChI=1S/C21H24N2O4S2/c1-22-11-13(19(24)26-2)14-10-16(22)17-12-8-6-7-9-15(12)23(20(25)27-3)18(17)21(14,28-4)29-5/h6-9,11,14,16H,10H2,1-5H3/t14-,16-/m1/s1. The van der Waals surface area contributed by atoms with Crippen molar-refractivity contribution >= 4 is 46.5 Å². The Balaban J connectivity index is 2.12. The quantitative estimate of drug-likeness (QED) is 0.532.